The van der Waals surface area contributed by atoms with Gasteiger partial charge in [-0.15, -0.1) is 0 Å². The Morgan fingerprint density at radius 1 is 1.22 bits per heavy atom. The Kier molecular flexibility index (Phi) is 5.56. The van der Waals surface area contributed by atoms with Gasteiger partial charge in [-0.1, -0.05) is 20.8 Å². The van der Waals surface area contributed by atoms with Crippen molar-refractivity contribution in [2.75, 3.05) is 17.7 Å². The number of Topliss-reactive ketones (excluding diaryl/α,β-unsaturated/α-hetero) is 1. The number of anilines is 1. The number of aromatic nitrogens is 4. The van der Waals surface area contributed by atoms with Crippen molar-refractivity contribution in [3.05, 3.63) is 41.0 Å². The molecule has 8 nitrogen and oxygen atoms in total. The van der Waals surface area contributed by atoms with Crippen LogP contribution in [0.5, 0.6) is 0 Å². The highest BCUT2D eigenvalue weighted by Crippen LogP contribution is 2.37. The van der Waals surface area contributed by atoms with E-state index >= 15 is 0 Å². The summed E-state index contributed by atoms with van der Waals surface area (Å²) in [6.07, 6.45) is 3.47. The van der Waals surface area contributed by atoms with Gasteiger partial charge < -0.3 is 9.47 Å². The van der Waals surface area contributed by atoms with Gasteiger partial charge in [0.15, 0.2) is 15.6 Å². The Balaban J connectivity index is 1.86. The maximum atomic E-state index is 12.4. The molecule has 0 fully saturated rings. The quantitative estimate of drug-likeness (QED) is 0.543. The lowest BCUT2D eigenvalue weighted by atomic mass is 10.00. The zero-order chi connectivity index (χ0) is 23.4. The Hall–Kier alpha value is -2.81. The molecular formula is C23H29N5O3S. The molecule has 0 saturated heterocycles. The summed E-state index contributed by atoms with van der Waals surface area (Å²) in [4.78, 5) is 28.4. The molecule has 32 heavy (non-hydrogen) atoms. The minimum atomic E-state index is -3.34. The lowest BCUT2D eigenvalue weighted by Gasteiger charge is -2.38. The number of fused-ring (bicyclic) bond motifs is 3. The molecule has 4 rings (SSSR count). The first-order valence-electron chi connectivity index (χ1n) is 10.9. The lowest BCUT2D eigenvalue weighted by molar-refractivity contribution is 0.101. The summed E-state index contributed by atoms with van der Waals surface area (Å²) in [5, 5.41) is 0. The number of rotatable bonds is 5. The third-order valence-corrected chi connectivity index (χ3v) is 7.32. The van der Waals surface area contributed by atoms with E-state index in [1.807, 2.05) is 19.9 Å². The highest BCUT2D eigenvalue weighted by atomic mass is 32.2. The number of aryl methyl sites for hydroxylation is 2. The zero-order valence-electron chi connectivity index (χ0n) is 19.4. The molecule has 2 aromatic heterocycles. The summed E-state index contributed by atoms with van der Waals surface area (Å²) < 4.78 is 26.9. The molecule has 3 heterocycles. The van der Waals surface area contributed by atoms with Crippen molar-refractivity contribution in [3.8, 4) is 0 Å². The van der Waals surface area contributed by atoms with E-state index in [1.165, 1.54) is 13.2 Å². The summed E-state index contributed by atoms with van der Waals surface area (Å²) in [6, 6.07) is 3.60. The highest BCUT2D eigenvalue weighted by Gasteiger charge is 2.35. The van der Waals surface area contributed by atoms with E-state index in [-0.39, 0.29) is 17.7 Å². The summed E-state index contributed by atoms with van der Waals surface area (Å²) >= 11 is 0. The van der Waals surface area contributed by atoms with Crippen LogP contribution >= 0.6 is 0 Å². The molecule has 0 unspecified atom stereocenters. The Labute approximate surface area is 188 Å². The van der Waals surface area contributed by atoms with Gasteiger partial charge in [0, 0.05) is 25.5 Å². The first-order chi connectivity index (χ1) is 15.0. The first-order valence-corrected chi connectivity index (χ1v) is 12.8. The van der Waals surface area contributed by atoms with Gasteiger partial charge in [-0.25, -0.2) is 23.4 Å². The average Bonchev–Trinajstić information content (AvgIpc) is 3.08. The largest absolute Gasteiger partial charge is 0.329 e. The number of carbonyl (C=O) groups is 1. The Bertz CT molecular complexity index is 1330. The van der Waals surface area contributed by atoms with Gasteiger partial charge in [0.25, 0.3) is 0 Å². The SMILES string of the molecule is CCc1cc2nc3n(c2cc1S(C)(=O)=O)CCN(c1ncc(C(C)=O)c(C)n1)[C@H]3C(C)C. The molecule has 0 radical (unpaired) electrons. The summed E-state index contributed by atoms with van der Waals surface area (Å²) in [5.41, 5.74) is 3.62. The van der Waals surface area contributed by atoms with Gasteiger partial charge in [-0.05, 0) is 43.9 Å². The van der Waals surface area contributed by atoms with E-state index in [2.05, 4.69) is 33.3 Å². The van der Waals surface area contributed by atoms with Crippen LogP contribution in [0.15, 0.2) is 23.2 Å². The molecule has 0 bridgehead atoms. The van der Waals surface area contributed by atoms with Gasteiger partial charge in [-0.2, -0.15) is 0 Å². The molecule has 0 saturated carbocycles. The molecule has 1 aromatic carbocycles. The number of hydrogen-bond donors (Lipinski definition) is 0. The number of sulfone groups is 1. The van der Waals surface area contributed by atoms with Crippen molar-refractivity contribution >= 4 is 32.6 Å². The average molecular weight is 456 g/mol. The van der Waals surface area contributed by atoms with Crippen molar-refractivity contribution in [1.82, 2.24) is 19.5 Å². The van der Waals surface area contributed by atoms with Gasteiger partial charge in [0.1, 0.15) is 5.82 Å². The van der Waals surface area contributed by atoms with Gasteiger partial charge in [-0.3, -0.25) is 4.79 Å². The van der Waals surface area contributed by atoms with E-state index in [0.29, 0.717) is 41.6 Å². The molecule has 1 aliphatic heterocycles. The number of benzene rings is 1. The standard InChI is InChI=1S/C23H29N5O3S/c1-7-16-10-18-19(11-20(16)32(6,30)31)27-8-9-28(21(13(2)3)22(27)26-18)23-24-12-17(15(5)29)14(4)25-23/h10-13,21H,7-9H2,1-6H3/t21-/m0/s1. The predicted octanol–water partition coefficient (Wildman–Crippen LogP) is 3.52. The second-order valence-corrected chi connectivity index (χ2v) is 10.8. The van der Waals surface area contributed by atoms with Crippen molar-refractivity contribution in [3.63, 3.8) is 0 Å². The highest BCUT2D eigenvalue weighted by molar-refractivity contribution is 7.90. The lowest BCUT2D eigenvalue weighted by Crippen LogP contribution is -2.42. The van der Waals surface area contributed by atoms with Crippen LogP contribution in [-0.2, 0) is 22.8 Å². The number of nitrogens with zero attached hydrogens (tertiary/aromatic N) is 5. The summed E-state index contributed by atoms with van der Waals surface area (Å²) in [7, 11) is -3.34. The molecule has 0 N–H and O–H groups in total. The van der Waals surface area contributed by atoms with Crippen LogP contribution < -0.4 is 4.90 Å². The topological polar surface area (TPSA) is 98.0 Å². The second kappa shape index (κ2) is 7.95. The van der Waals surface area contributed by atoms with Crippen LogP contribution in [0.4, 0.5) is 5.95 Å². The van der Waals surface area contributed by atoms with E-state index in [0.717, 1.165) is 22.4 Å². The molecule has 0 amide bonds. The molecule has 0 aliphatic carbocycles. The van der Waals surface area contributed by atoms with Crippen LogP contribution in [0.3, 0.4) is 0 Å². The van der Waals surface area contributed by atoms with Gasteiger partial charge in [0.2, 0.25) is 5.95 Å². The maximum absolute atomic E-state index is 12.4. The van der Waals surface area contributed by atoms with Crippen LogP contribution in [0.25, 0.3) is 11.0 Å². The first kappa shape index (κ1) is 22.4. The Morgan fingerprint density at radius 3 is 2.50 bits per heavy atom. The fourth-order valence-electron chi connectivity index (χ4n) is 4.60. The summed E-state index contributed by atoms with van der Waals surface area (Å²) in [5.74, 6) is 1.62. The van der Waals surface area contributed by atoms with Crippen LogP contribution in [0.1, 0.15) is 61.2 Å². The van der Waals surface area contributed by atoms with Crippen molar-refractivity contribution in [2.24, 2.45) is 5.92 Å². The fourth-order valence-corrected chi connectivity index (χ4v) is 5.61. The Morgan fingerprint density at radius 2 is 1.94 bits per heavy atom. The van der Waals surface area contributed by atoms with E-state index in [4.69, 9.17) is 4.98 Å². The van der Waals surface area contributed by atoms with Gasteiger partial charge in [0.05, 0.1) is 33.2 Å². The normalized spacial score (nSPS) is 16.6. The molecule has 9 heteroatoms. The van der Waals surface area contributed by atoms with Crippen LogP contribution in [-0.4, -0.2) is 46.5 Å². The smallest absolute Gasteiger partial charge is 0.226 e. The predicted molar refractivity (Wildman–Crippen MR) is 124 cm³/mol. The van der Waals surface area contributed by atoms with Crippen LogP contribution in [0.2, 0.25) is 0 Å². The second-order valence-electron chi connectivity index (χ2n) is 8.80. The molecule has 1 atom stereocenters. The third kappa shape index (κ3) is 3.68. The summed E-state index contributed by atoms with van der Waals surface area (Å²) in [6.45, 7) is 10.8. The van der Waals surface area contributed by atoms with Gasteiger partial charge >= 0.3 is 0 Å². The zero-order valence-corrected chi connectivity index (χ0v) is 20.2. The monoisotopic (exact) mass is 455 g/mol. The van der Waals surface area contributed by atoms with E-state index in [1.54, 1.807) is 12.3 Å². The van der Waals surface area contributed by atoms with Crippen molar-refractivity contribution in [2.45, 2.75) is 58.5 Å². The van der Waals surface area contributed by atoms with E-state index < -0.39 is 9.84 Å². The molecule has 170 valence electrons. The van der Waals surface area contributed by atoms with Crippen molar-refractivity contribution < 1.29 is 13.2 Å². The number of imidazole rings is 1. The minimum Gasteiger partial charge on any atom is -0.329 e. The molecular weight excluding hydrogens is 426 g/mol. The number of ketones is 1. The fraction of sp³-hybridized carbons (Fsp3) is 0.478. The van der Waals surface area contributed by atoms with E-state index in [9.17, 15) is 13.2 Å². The molecule has 0 spiro atoms. The third-order valence-electron chi connectivity index (χ3n) is 6.14. The molecule has 1 aliphatic rings. The molecule has 3 aromatic rings. The maximum Gasteiger partial charge on any atom is 0.226 e. The minimum absolute atomic E-state index is 0.0525. The van der Waals surface area contributed by atoms with Crippen molar-refractivity contribution in [1.29, 1.82) is 0 Å². The number of carbonyl (C=O) groups excluding carboxylic acids is 1. The number of hydrogen-bond acceptors (Lipinski definition) is 7. The van der Waals surface area contributed by atoms with Crippen LogP contribution in [0, 0.1) is 12.8 Å².